The minimum atomic E-state index is -5.85. The number of hydrogen-bond donors (Lipinski definition) is 1. The Kier molecular flexibility index (Phi) is 5.42. The third-order valence-electron chi connectivity index (χ3n) is 2.26. The number of hydrogen-bond acceptors (Lipinski definition) is 3. The van der Waals surface area contributed by atoms with E-state index in [2.05, 4.69) is 4.74 Å². The molecule has 112 valence electrons. The van der Waals surface area contributed by atoms with Gasteiger partial charge in [0.1, 0.15) is 6.61 Å². The van der Waals surface area contributed by atoms with Gasteiger partial charge in [-0.2, -0.15) is 26.3 Å². The van der Waals surface area contributed by atoms with Gasteiger partial charge in [0.25, 0.3) is 0 Å². The highest BCUT2D eigenvalue weighted by atomic mass is 19.3. The number of esters is 1. The van der Waals surface area contributed by atoms with E-state index in [4.69, 9.17) is 5.11 Å². The molecule has 3 nitrogen and oxygen atoms in total. The standard InChI is InChI=1S/C10H12F6O3/c1-3-6(2)7(18)19-5-9(13,14)10(15,16)8(11,12)4-17/h3,17H,4-5H2,1-2H3. The zero-order valence-corrected chi connectivity index (χ0v) is 10.0. The second-order valence-corrected chi connectivity index (χ2v) is 3.69. The fourth-order valence-corrected chi connectivity index (χ4v) is 0.845. The maximum atomic E-state index is 13.0. The summed E-state index contributed by atoms with van der Waals surface area (Å²) in [5.74, 6) is -17.8. The molecule has 0 aliphatic carbocycles. The first-order valence-electron chi connectivity index (χ1n) is 4.97. The Morgan fingerprint density at radius 2 is 1.63 bits per heavy atom. The van der Waals surface area contributed by atoms with E-state index in [1.54, 1.807) is 0 Å². The number of rotatable bonds is 6. The van der Waals surface area contributed by atoms with Crippen LogP contribution in [0.4, 0.5) is 26.3 Å². The van der Waals surface area contributed by atoms with Crippen molar-refractivity contribution in [3.63, 3.8) is 0 Å². The van der Waals surface area contributed by atoms with Crippen LogP contribution in [0.1, 0.15) is 13.8 Å². The molecule has 0 aromatic rings. The number of ether oxygens (including phenoxy) is 1. The number of allylic oxidation sites excluding steroid dienone is 1. The van der Waals surface area contributed by atoms with Crippen LogP contribution in [0.3, 0.4) is 0 Å². The Balaban J connectivity index is 4.94. The summed E-state index contributed by atoms with van der Waals surface area (Å²) in [6.07, 6.45) is 1.17. The third kappa shape index (κ3) is 3.62. The summed E-state index contributed by atoms with van der Waals surface area (Å²) >= 11 is 0. The fraction of sp³-hybridized carbons (Fsp3) is 0.700. The van der Waals surface area contributed by atoms with Crippen molar-refractivity contribution in [2.45, 2.75) is 31.6 Å². The van der Waals surface area contributed by atoms with Crippen molar-refractivity contribution < 1.29 is 41.0 Å². The van der Waals surface area contributed by atoms with Gasteiger partial charge in [0.2, 0.25) is 0 Å². The quantitative estimate of drug-likeness (QED) is 0.465. The first-order valence-corrected chi connectivity index (χ1v) is 4.97. The second kappa shape index (κ2) is 5.81. The molecular weight excluding hydrogens is 282 g/mol. The first-order chi connectivity index (χ1) is 8.43. The van der Waals surface area contributed by atoms with Gasteiger partial charge in [0.15, 0.2) is 6.61 Å². The molecule has 0 unspecified atom stereocenters. The lowest BCUT2D eigenvalue weighted by atomic mass is 10.1. The SMILES string of the molecule is CC=C(C)C(=O)OCC(F)(F)C(F)(F)C(F)(F)CO. The van der Waals surface area contributed by atoms with Crippen LogP contribution in [0, 0.1) is 0 Å². The highest BCUT2D eigenvalue weighted by molar-refractivity contribution is 5.87. The van der Waals surface area contributed by atoms with E-state index in [0.717, 1.165) is 0 Å². The average Bonchev–Trinajstić information content (AvgIpc) is 2.34. The highest BCUT2D eigenvalue weighted by Crippen LogP contribution is 2.45. The molecule has 0 bridgehead atoms. The Bertz CT molecular complexity index is 364. The summed E-state index contributed by atoms with van der Waals surface area (Å²) < 4.78 is 80.6. The van der Waals surface area contributed by atoms with Gasteiger partial charge in [0, 0.05) is 5.57 Å². The smallest absolute Gasteiger partial charge is 0.377 e. The van der Waals surface area contributed by atoms with E-state index in [-0.39, 0.29) is 5.57 Å². The lowest BCUT2D eigenvalue weighted by Crippen LogP contribution is -2.57. The predicted molar refractivity (Wildman–Crippen MR) is 52.3 cm³/mol. The van der Waals surface area contributed by atoms with E-state index in [1.807, 2.05) is 0 Å². The Labute approximate surface area is 104 Å². The normalized spacial score (nSPS) is 14.5. The fourth-order valence-electron chi connectivity index (χ4n) is 0.845. The Hall–Kier alpha value is -1.25. The molecule has 9 heteroatoms. The summed E-state index contributed by atoms with van der Waals surface area (Å²) in [7, 11) is 0. The number of carbonyl (C=O) groups excluding carboxylic acids is 1. The Morgan fingerprint density at radius 3 is 2.00 bits per heavy atom. The number of aliphatic hydroxyl groups excluding tert-OH is 1. The molecule has 0 radical (unpaired) electrons. The van der Waals surface area contributed by atoms with Gasteiger partial charge in [-0.1, -0.05) is 6.08 Å². The van der Waals surface area contributed by atoms with Gasteiger partial charge in [0.05, 0.1) is 0 Å². The number of halogens is 6. The Morgan fingerprint density at radius 1 is 1.16 bits per heavy atom. The molecule has 0 atom stereocenters. The lowest BCUT2D eigenvalue weighted by Gasteiger charge is -2.31. The van der Waals surface area contributed by atoms with Gasteiger partial charge < -0.3 is 9.84 Å². The van der Waals surface area contributed by atoms with Crippen molar-refractivity contribution in [3.05, 3.63) is 11.6 Å². The second-order valence-electron chi connectivity index (χ2n) is 3.69. The van der Waals surface area contributed by atoms with Gasteiger partial charge >= 0.3 is 23.7 Å². The van der Waals surface area contributed by atoms with Crippen molar-refractivity contribution in [2.24, 2.45) is 0 Å². The molecule has 0 spiro atoms. The first kappa shape index (κ1) is 17.8. The van der Waals surface area contributed by atoms with Crippen LogP contribution in [0.5, 0.6) is 0 Å². The molecule has 0 aliphatic rings. The van der Waals surface area contributed by atoms with Crippen LogP contribution in [0.15, 0.2) is 11.6 Å². The summed E-state index contributed by atoms with van der Waals surface area (Å²) in [5, 5.41) is 8.02. The van der Waals surface area contributed by atoms with Gasteiger partial charge in [-0.15, -0.1) is 0 Å². The van der Waals surface area contributed by atoms with Crippen molar-refractivity contribution in [1.82, 2.24) is 0 Å². The van der Waals surface area contributed by atoms with Crippen molar-refractivity contribution in [2.75, 3.05) is 13.2 Å². The molecule has 1 N–H and O–H groups in total. The lowest BCUT2D eigenvalue weighted by molar-refractivity contribution is -0.324. The predicted octanol–water partition coefficient (Wildman–Crippen LogP) is 2.39. The number of aliphatic hydroxyl groups is 1. The summed E-state index contributed by atoms with van der Waals surface area (Å²) in [5.41, 5.74) is -0.145. The molecule has 19 heavy (non-hydrogen) atoms. The summed E-state index contributed by atoms with van der Waals surface area (Å²) in [6.45, 7) is -2.15. The van der Waals surface area contributed by atoms with Crippen LogP contribution >= 0.6 is 0 Å². The molecule has 0 aromatic carbocycles. The van der Waals surface area contributed by atoms with E-state index < -0.39 is 37.0 Å². The maximum absolute atomic E-state index is 13.0. The van der Waals surface area contributed by atoms with Gasteiger partial charge in [-0.05, 0) is 13.8 Å². The van der Waals surface area contributed by atoms with Crippen LogP contribution in [-0.2, 0) is 9.53 Å². The monoisotopic (exact) mass is 294 g/mol. The van der Waals surface area contributed by atoms with Crippen molar-refractivity contribution in [3.8, 4) is 0 Å². The van der Waals surface area contributed by atoms with E-state index in [9.17, 15) is 31.1 Å². The molecule has 0 saturated carbocycles. The molecule has 0 saturated heterocycles. The largest absolute Gasteiger partial charge is 0.456 e. The van der Waals surface area contributed by atoms with Crippen LogP contribution < -0.4 is 0 Å². The molecule has 0 fully saturated rings. The van der Waals surface area contributed by atoms with E-state index in [0.29, 0.717) is 0 Å². The molecule has 0 aromatic heterocycles. The molecule has 0 heterocycles. The third-order valence-corrected chi connectivity index (χ3v) is 2.26. The minimum Gasteiger partial charge on any atom is -0.456 e. The zero-order chi connectivity index (χ0) is 15.5. The van der Waals surface area contributed by atoms with Gasteiger partial charge in [-0.25, -0.2) is 4.79 Å². The van der Waals surface area contributed by atoms with E-state index >= 15 is 0 Å². The highest BCUT2D eigenvalue weighted by Gasteiger charge is 2.71. The number of alkyl halides is 6. The van der Waals surface area contributed by atoms with Crippen molar-refractivity contribution in [1.29, 1.82) is 0 Å². The molecular formula is C10H12F6O3. The van der Waals surface area contributed by atoms with Crippen LogP contribution in [0.2, 0.25) is 0 Å². The summed E-state index contributed by atoms with van der Waals surface area (Å²) in [4.78, 5) is 11.0. The van der Waals surface area contributed by atoms with Gasteiger partial charge in [-0.3, -0.25) is 0 Å². The minimum absolute atomic E-state index is 0.145. The molecule has 0 rings (SSSR count). The zero-order valence-electron chi connectivity index (χ0n) is 10.0. The molecule has 0 aliphatic heterocycles. The number of carbonyl (C=O) groups is 1. The van der Waals surface area contributed by atoms with Crippen LogP contribution in [-0.4, -0.2) is 42.1 Å². The summed E-state index contributed by atoms with van der Waals surface area (Å²) in [6, 6.07) is 0. The maximum Gasteiger partial charge on any atom is 0.377 e. The molecule has 0 amide bonds. The van der Waals surface area contributed by atoms with Crippen LogP contribution in [0.25, 0.3) is 0 Å². The van der Waals surface area contributed by atoms with E-state index in [1.165, 1.54) is 19.9 Å². The van der Waals surface area contributed by atoms with Crippen molar-refractivity contribution >= 4 is 5.97 Å². The average molecular weight is 294 g/mol. The topological polar surface area (TPSA) is 46.5 Å².